The third kappa shape index (κ3) is 6.39. The SMILES string of the molecule is CCCNCC(CC(C)OC)C(C)C. The van der Waals surface area contributed by atoms with Gasteiger partial charge in [-0.3, -0.25) is 0 Å². The van der Waals surface area contributed by atoms with Gasteiger partial charge >= 0.3 is 0 Å². The first-order valence-electron chi connectivity index (χ1n) is 5.85. The second-order valence-electron chi connectivity index (χ2n) is 4.49. The van der Waals surface area contributed by atoms with Gasteiger partial charge < -0.3 is 10.1 Å². The van der Waals surface area contributed by atoms with E-state index in [1.165, 1.54) is 6.42 Å². The van der Waals surface area contributed by atoms with Crippen molar-refractivity contribution in [2.24, 2.45) is 11.8 Å². The van der Waals surface area contributed by atoms with Gasteiger partial charge in [0.1, 0.15) is 0 Å². The molecule has 0 fully saturated rings. The van der Waals surface area contributed by atoms with Crippen molar-refractivity contribution >= 4 is 0 Å². The van der Waals surface area contributed by atoms with Crippen molar-refractivity contribution in [2.45, 2.75) is 46.6 Å². The number of hydrogen-bond acceptors (Lipinski definition) is 2. The zero-order chi connectivity index (χ0) is 11.0. The van der Waals surface area contributed by atoms with E-state index < -0.39 is 0 Å². The Bertz CT molecular complexity index is 125. The second kappa shape index (κ2) is 8.25. The third-order valence-corrected chi connectivity index (χ3v) is 2.81. The molecule has 0 aromatic carbocycles. The van der Waals surface area contributed by atoms with Crippen molar-refractivity contribution in [3.63, 3.8) is 0 Å². The smallest absolute Gasteiger partial charge is 0.0546 e. The maximum atomic E-state index is 5.31. The van der Waals surface area contributed by atoms with Crippen LogP contribution in [0.2, 0.25) is 0 Å². The minimum Gasteiger partial charge on any atom is -0.382 e. The molecule has 0 aromatic rings. The van der Waals surface area contributed by atoms with Gasteiger partial charge in [-0.05, 0) is 44.7 Å². The Labute approximate surface area is 89.4 Å². The van der Waals surface area contributed by atoms with Crippen molar-refractivity contribution in [3.8, 4) is 0 Å². The first kappa shape index (κ1) is 13.9. The fourth-order valence-electron chi connectivity index (χ4n) is 1.58. The molecule has 0 saturated carbocycles. The number of nitrogens with one attached hydrogen (secondary N) is 1. The van der Waals surface area contributed by atoms with Gasteiger partial charge in [0.25, 0.3) is 0 Å². The summed E-state index contributed by atoms with van der Waals surface area (Å²) in [5.74, 6) is 1.47. The fraction of sp³-hybridized carbons (Fsp3) is 1.00. The van der Waals surface area contributed by atoms with Crippen molar-refractivity contribution in [1.29, 1.82) is 0 Å². The average molecular weight is 201 g/mol. The summed E-state index contributed by atoms with van der Waals surface area (Å²) in [5.41, 5.74) is 0. The zero-order valence-corrected chi connectivity index (χ0v) is 10.5. The highest BCUT2D eigenvalue weighted by atomic mass is 16.5. The van der Waals surface area contributed by atoms with E-state index in [9.17, 15) is 0 Å². The molecule has 0 aliphatic heterocycles. The summed E-state index contributed by atoms with van der Waals surface area (Å²) in [6, 6.07) is 0. The Kier molecular flexibility index (Phi) is 8.20. The molecular weight excluding hydrogens is 174 g/mol. The minimum absolute atomic E-state index is 0.380. The fourth-order valence-corrected chi connectivity index (χ4v) is 1.58. The number of methoxy groups -OCH3 is 1. The van der Waals surface area contributed by atoms with Crippen molar-refractivity contribution < 1.29 is 4.74 Å². The minimum atomic E-state index is 0.380. The molecule has 0 aromatic heterocycles. The lowest BCUT2D eigenvalue weighted by Gasteiger charge is -2.24. The van der Waals surface area contributed by atoms with Crippen LogP contribution in [0, 0.1) is 11.8 Å². The summed E-state index contributed by atoms with van der Waals surface area (Å²) in [5, 5.41) is 3.49. The molecule has 1 N–H and O–H groups in total. The standard InChI is InChI=1S/C12H27NO/c1-6-7-13-9-12(10(2)3)8-11(4)14-5/h10-13H,6-9H2,1-5H3. The first-order chi connectivity index (χ1) is 6.61. The quantitative estimate of drug-likeness (QED) is 0.610. The van der Waals surface area contributed by atoms with Crippen LogP contribution in [0.25, 0.3) is 0 Å². The molecule has 86 valence electrons. The molecule has 0 rings (SSSR count). The van der Waals surface area contributed by atoms with Crippen LogP contribution in [0.1, 0.15) is 40.5 Å². The van der Waals surface area contributed by atoms with Crippen LogP contribution >= 0.6 is 0 Å². The number of hydrogen-bond donors (Lipinski definition) is 1. The van der Waals surface area contributed by atoms with Crippen LogP contribution < -0.4 is 5.32 Å². The van der Waals surface area contributed by atoms with Gasteiger partial charge in [-0.2, -0.15) is 0 Å². The van der Waals surface area contributed by atoms with Gasteiger partial charge in [-0.15, -0.1) is 0 Å². The predicted molar refractivity (Wildman–Crippen MR) is 62.6 cm³/mol. The van der Waals surface area contributed by atoms with E-state index >= 15 is 0 Å². The van der Waals surface area contributed by atoms with E-state index in [1.807, 2.05) is 0 Å². The van der Waals surface area contributed by atoms with Crippen molar-refractivity contribution in [3.05, 3.63) is 0 Å². The van der Waals surface area contributed by atoms with Crippen molar-refractivity contribution in [1.82, 2.24) is 5.32 Å². The molecule has 0 amide bonds. The number of rotatable bonds is 8. The zero-order valence-electron chi connectivity index (χ0n) is 10.5. The van der Waals surface area contributed by atoms with Gasteiger partial charge in [0.05, 0.1) is 6.10 Å². The molecule has 14 heavy (non-hydrogen) atoms. The topological polar surface area (TPSA) is 21.3 Å². The van der Waals surface area contributed by atoms with Gasteiger partial charge in [-0.25, -0.2) is 0 Å². The third-order valence-electron chi connectivity index (χ3n) is 2.81. The molecule has 0 spiro atoms. The Morgan fingerprint density at radius 3 is 2.29 bits per heavy atom. The van der Waals surface area contributed by atoms with Crippen LogP contribution in [0.15, 0.2) is 0 Å². The molecule has 2 unspecified atom stereocenters. The van der Waals surface area contributed by atoms with Crippen LogP contribution in [0.5, 0.6) is 0 Å². The molecular formula is C12H27NO. The molecule has 0 bridgehead atoms. The molecule has 2 atom stereocenters. The maximum absolute atomic E-state index is 5.31. The Morgan fingerprint density at radius 2 is 1.86 bits per heavy atom. The Morgan fingerprint density at radius 1 is 1.21 bits per heavy atom. The Balaban J connectivity index is 3.77. The summed E-state index contributed by atoms with van der Waals surface area (Å²) < 4.78 is 5.31. The normalized spacial score (nSPS) is 15.9. The van der Waals surface area contributed by atoms with Crippen LogP contribution in [-0.2, 0) is 4.74 Å². The summed E-state index contributed by atoms with van der Waals surface area (Å²) in [6.45, 7) is 11.2. The molecule has 0 saturated heterocycles. The average Bonchev–Trinajstić information content (AvgIpc) is 2.16. The second-order valence-corrected chi connectivity index (χ2v) is 4.49. The molecule has 2 nitrogen and oxygen atoms in total. The summed E-state index contributed by atoms with van der Waals surface area (Å²) in [4.78, 5) is 0. The van der Waals surface area contributed by atoms with Crippen LogP contribution in [0.4, 0.5) is 0 Å². The molecule has 2 heteroatoms. The molecule has 0 aliphatic rings. The lowest BCUT2D eigenvalue weighted by Crippen LogP contribution is -2.29. The summed E-state index contributed by atoms with van der Waals surface area (Å²) in [7, 11) is 1.79. The Hall–Kier alpha value is -0.0800. The highest BCUT2D eigenvalue weighted by Gasteiger charge is 2.15. The highest BCUT2D eigenvalue weighted by molar-refractivity contribution is 4.69. The molecule has 0 aliphatic carbocycles. The highest BCUT2D eigenvalue weighted by Crippen LogP contribution is 2.17. The maximum Gasteiger partial charge on any atom is 0.0546 e. The molecule has 0 radical (unpaired) electrons. The van der Waals surface area contributed by atoms with E-state index in [0.29, 0.717) is 6.10 Å². The van der Waals surface area contributed by atoms with E-state index in [0.717, 1.165) is 31.3 Å². The van der Waals surface area contributed by atoms with E-state index in [1.54, 1.807) is 7.11 Å². The number of ether oxygens (including phenoxy) is 1. The van der Waals surface area contributed by atoms with Crippen LogP contribution in [0.3, 0.4) is 0 Å². The largest absolute Gasteiger partial charge is 0.382 e. The van der Waals surface area contributed by atoms with Gasteiger partial charge in [0.2, 0.25) is 0 Å². The van der Waals surface area contributed by atoms with Gasteiger partial charge in [0.15, 0.2) is 0 Å². The lowest BCUT2D eigenvalue weighted by molar-refractivity contribution is 0.0864. The van der Waals surface area contributed by atoms with Crippen molar-refractivity contribution in [2.75, 3.05) is 20.2 Å². The van der Waals surface area contributed by atoms with E-state index in [4.69, 9.17) is 4.74 Å². The predicted octanol–water partition coefficient (Wildman–Crippen LogP) is 2.68. The van der Waals surface area contributed by atoms with Gasteiger partial charge in [0, 0.05) is 7.11 Å². The first-order valence-corrected chi connectivity index (χ1v) is 5.85. The van der Waals surface area contributed by atoms with Crippen LogP contribution in [-0.4, -0.2) is 26.3 Å². The molecule has 0 heterocycles. The van der Waals surface area contributed by atoms with E-state index in [-0.39, 0.29) is 0 Å². The van der Waals surface area contributed by atoms with Gasteiger partial charge in [-0.1, -0.05) is 20.8 Å². The lowest BCUT2D eigenvalue weighted by atomic mass is 9.90. The monoisotopic (exact) mass is 201 g/mol. The summed E-state index contributed by atoms with van der Waals surface area (Å²) >= 11 is 0. The van der Waals surface area contributed by atoms with E-state index in [2.05, 4.69) is 33.0 Å². The summed E-state index contributed by atoms with van der Waals surface area (Å²) in [6.07, 6.45) is 2.75.